The van der Waals surface area contributed by atoms with Gasteiger partial charge < -0.3 is 9.72 Å². The standard InChI is InChI=1S/C19H23N2O2/c1-2-23-18(22)13-21-11-6-5-9-17(21)19-15(10-12-21)14-7-3-4-8-16(14)20-19/h3-4,7-9,20H,2,5-6,10-13H2,1H3/q+1. The van der Waals surface area contributed by atoms with Crippen LogP contribution in [0, 0.1) is 0 Å². The van der Waals surface area contributed by atoms with Crippen molar-refractivity contribution in [1.82, 2.24) is 4.98 Å². The Bertz CT molecular complexity index is 790. The minimum atomic E-state index is -0.0835. The Balaban J connectivity index is 1.79. The van der Waals surface area contributed by atoms with Gasteiger partial charge in [-0.1, -0.05) is 18.2 Å². The Morgan fingerprint density at radius 3 is 3.04 bits per heavy atom. The van der Waals surface area contributed by atoms with E-state index in [1.807, 2.05) is 6.92 Å². The van der Waals surface area contributed by atoms with Gasteiger partial charge in [0, 0.05) is 23.7 Å². The molecule has 0 fully saturated rings. The molecule has 3 heterocycles. The van der Waals surface area contributed by atoms with E-state index in [4.69, 9.17) is 4.74 Å². The SMILES string of the molecule is CCOC(=O)C[N+]12CCCC=C1c1[nH]c3ccccc3c1CC2. The van der Waals surface area contributed by atoms with Crippen molar-refractivity contribution in [3.05, 3.63) is 41.6 Å². The highest BCUT2D eigenvalue weighted by atomic mass is 16.5. The molecule has 2 aliphatic heterocycles. The number of nitrogens with zero attached hydrogens (tertiary/aromatic N) is 1. The van der Waals surface area contributed by atoms with Crippen LogP contribution in [0.3, 0.4) is 0 Å². The summed E-state index contributed by atoms with van der Waals surface area (Å²) < 4.78 is 5.99. The molecule has 0 amide bonds. The zero-order valence-corrected chi connectivity index (χ0v) is 13.6. The van der Waals surface area contributed by atoms with Gasteiger partial charge in [0.25, 0.3) is 0 Å². The Morgan fingerprint density at radius 2 is 2.17 bits per heavy atom. The summed E-state index contributed by atoms with van der Waals surface area (Å²) in [5.41, 5.74) is 5.13. The quantitative estimate of drug-likeness (QED) is 0.698. The van der Waals surface area contributed by atoms with E-state index in [-0.39, 0.29) is 5.97 Å². The molecule has 0 spiro atoms. The second-order valence-corrected chi connectivity index (χ2v) is 6.56. The van der Waals surface area contributed by atoms with E-state index >= 15 is 0 Å². The van der Waals surface area contributed by atoms with E-state index in [0.29, 0.717) is 13.2 Å². The fourth-order valence-corrected chi connectivity index (χ4v) is 4.22. The number of carbonyl (C=O) groups is 1. The van der Waals surface area contributed by atoms with Gasteiger partial charge in [-0.25, -0.2) is 4.79 Å². The van der Waals surface area contributed by atoms with Gasteiger partial charge in [0.05, 0.1) is 19.7 Å². The van der Waals surface area contributed by atoms with Crippen LogP contribution >= 0.6 is 0 Å². The predicted octanol–water partition coefficient (Wildman–Crippen LogP) is 3.24. The molecule has 0 saturated carbocycles. The van der Waals surface area contributed by atoms with E-state index in [2.05, 4.69) is 35.3 Å². The van der Waals surface area contributed by atoms with Crippen LogP contribution in [0.2, 0.25) is 0 Å². The number of esters is 1. The molecule has 0 saturated heterocycles. The van der Waals surface area contributed by atoms with Crippen molar-refractivity contribution in [2.75, 3.05) is 26.2 Å². The second kappa shape index (κ2) is 5.53. The molecule has 1 aromatic heterocycles. The highest BCUT2D eigenvalue weighted by Gasteiger charge is 2.43. The predicted molar refractivity (Wildman–Crippen MR) is 90.7 cm³/mol. The number of carbonyl (C=O) groups excluding carboxylic acids is 1. The minimum absolute atomic E-state index is 0.0835. The molecule has 1 unspecified atom stereocenters. The van der Waals surface area contributed by atoms with Gasteiger partial charge in [0.2, 0.25) is 0 Å². The molecule has 1 aromatic carbocycles. The number of hydrogen-bond donors (Lipinski definition) is 1. The first-order valence-corrected chi connectivity index (χ1v) is 8.56. The molecule has 4 nitrogen and oxygen atoms in total. The molecular formula is C19H23N2O2+. The molecule has 0 radical (unpaired) electrons. The van der Waals surface area contributed by atoms with Gasteiger partial charge in [-0.3, -0.25) is 4.48 Å². The molecular weight excluding hydrogens is 288 g/mol. The topological polar surface area (TPSA) is 42.1 Å². The van der Waals surface area contributed by atoms with Crippen molar-refractivity contribution in [1.29, 1.82) is 0 Å². The number of rotatable bonds is 3. The van der Waals surface area contributed by atoms with E-state index in [1.165, 1.54) is 27.9 Å². The summed E-state index contributed by atoms with van der Waals surface area (Å²) in [7, 11) is 0. The first kappa shape index (κ1) is 14.5. The summed E-state index contributed by atoms with van der Waals surface area (Å²) in [5.74, 6) is -0.0835. The third kappa shape index (κ3) is 2.29. The Labute approximate surface area is 136 Å². The molecule has 2 aliphatic rings. The first-order valence-electron chi connectivity index (χ1n) is 8.56. The van der Waals surface area contributed by atoms with Gasteiger partial charge >= 0.3 is 5.97 Å². The lowest BCUT2D eigenvalue weighted by atomic mass is 9.94. The normalized spacial score (nSPS) is 23.1. The fourth-order valence-electron chi connectivity index (χ4n) is 4.22. The van der Waals surface area contributed by atoms with E-state index < -0.39 is 0 Å². The zero-order chi connectivity index (χ0) is 15.9. The zero-order valence-electron chi connectivity index (χ0n) is 13.6. The summed E-state index contributed by atoms with van der Waals surface area (Å²) in [4.78, 5) is 15.8. The van der Waals surface area contributed by atoms with Crippen molar-refractivity contribution in [2.24, 2.45) is 0 Å². The average molecular weight is 311 g/mol. The van der Waals surface area contributed by atoms with Crippen LogP contribution in [0.1, 0.15) is 31.0 Å². The number of hydrogen-bond acceptors (Lipinski definition) is 2. The molecule has 4 heteroatoms. The number of para-hydroxylation sites is 1. The molecule has 1 atom stereocenters. The van der Waals surface area contributed by atoms with Crippen LogP contribution in [-0.4, -0.2) is 41.7 Å². The Kier molecular flexibility index (Phi) is 3.49. The minimum Gasteiger partial charge on any atom is -0.462 e. The number of aromatic nitrogens is 1. The summed E-state index contributed by atoms with van der Waals surface area (Å²) in [6, 6.07) is 8.50. The van der Waals surface area contributed by atoms with Gasteiger partial charge in [0.15, 0.2) is 12.2 Å². The Morgan fingerprint density at radius 1 is 1.30 bits per heavy atom. The summed E-state index contributed by atoms with van der Waals surface area (Å²) in [6.45, 7) is 4.79. The molecule has 0 aliphatic carbocycles. The number of quaternary nitrogens is 1. The molecule has 2 aromatic rings. The van der Waals surface area contributed by atoms with Crippen molar-refractivity contribution in [2.45, 2.75) is 26.2 Å². The van der Waals surface area contributed by atoms with Gasteiger partial charge in [-0.15, -0.1) is 0 Å². The number of fused-ring (bicyclic) bond motifs is 5. The summed E-state index contributed by atoms with van der Waals surface area (Å²) >= 11 is 0. The average Bonchev–Trinajstić information content (AvgIpc) is 2.93. The molecule has 1 N–H and O–H groups in total. The number of nitrogens with one attached hydrogen (secondary N) is 1. The van der Waals surface area contributed by atoms with Gasteiger partial charge in [-0.05, 0) is 31.1 Å². The van der Waals surface area contributed by atoms with Gasteiger partial charge in [0.1, 0.15) is 5.69 Å². The lowest BCUT2D eigenvalue weighted by Crippen LogP contribution is -2.54. The lowest BCUT2D eigenvalue weighted by molar-refractivity contribution is -0.856. The number of benzene rings is 1. The maximum Gasteiger partial charge on any atom is 0.362 e. The lowest BCUT2D eigenvalue weighted by Gasteiger charge is -2.43. The van der Waals surface area contributed by atoms with Crippen molar-refractivity contribution in [3.8, 4) is 0 Å². The largest absolute Gasteiger partial charge is 0.462 e. The maximum absolute atomic E-state index is 12.2. The van der Waals surface area contributed by atoms with Crippen molar-refractivity contribution < 1.29 is 14.0 Å². The second-order valence-electron chi connectivity index (χ2n) is 6.56. The summed E-state index contributed by atoms with van der Waals surface area (Å²) in [5, 5.41) is 1.32. The van der Waals surface area contributed by atoms with E-state index in [9.17, 15) is 4.79 Å². The first-order chi connectivity index (χ1) is 11.2. The highest BCUT2D eigenvalue weighted by Crippen LogP contribution is 2.41. The van der Waals surface area contributed by atoms with Gasteiger partial charge in [-0.2, -0.15) is 0 Å². The molecule has 4 rings (SSSR count). The monoisotopic (exact) mass is 311 g/mol. The number of ether oxygens (including phenoxy) is 1. The van der Waals surface area contributed by atoms with Crippen LogP contribution in [0.15, 0.2) is 30.3 Å². The number of allylic oxidation sites excluding steroid dienone is 1. The summed E-state index contributed by atoms with van der Waals surface area (Å²) in [6.07, 6.45) is 5.57. The fraction of sp³-hybridized carbons (Fsp3) is 0.421. The number of aromatic amines is 1. The molecule has 23 heavy (non-hydrogen) atoms. The van der Waals surface area contributed by atoms with Crippen LogP contribution in [0.5, 0.6) is 0 Å². The third-order valence-electron chi connectivity index (χ3n) is 5.24. The highest BCUT2D eigenvalue weighted by molar-refractivity contribution is 5.89. The van der Waals surface area contributed by atoms with Crippen LogP contribution < -0.4 is 0 Å². The number of H-pyrrole nitrogens is 1. The van der Waals surface area contributed by atoms with E-state index in [1.54, 1.807) is 0 Å². The van der Waals surface area contributed by atoms with Crippen LogP contribution in [0.25, 0.3) is 16.6 Å². The van der Waals surface area contributed by atoms with Crippen LogP contribution in [-0.2, 0) is 16.0 Å². The van der Waals surface area contributed by atoms with Crippen molar-refractivity contribution in [3.63, 3.8) is 0 Å². The smallest absolute Gasteiger partial charge is 0.362 e. The maximum atomic E-state index is 12.2. The van der Waals surface area contributed by atoms with Crippen LogP contribution in [0.4, 0.5) is 0 Å². The van der Waals surface area contributed by atoms with E-state index in [0.717, 1.165) is 36.8 Å². The molecule has 0 bridgehead atoms. The van der Waals surface area contributed by atoms with Crippen molar-refractivity contribution >= 4 is 22.6 Å². The molecule has 120 valence electrons. The Hall–Kier alpha value is -2.07. The third-order valence-corrected chi connectivity index (χ3v) is 5.24.